The summed E-state index contributed by atoms with van der Waals surface area (Å²) in [4.78, 5) is 11.4. The van der Waals surface area contributed by atoms with E-state index >= 15 is 0 Å². The number of allylic oxidation sites excluding steroid dienone is 1. The summed E-state index contributed by atoms with van der Waals surface area (Å²) in [6, 6.07) is 10.3. The molecule has 0 aromatic heterocycles. The molecular formula is C22H21F2NO2. The van der Waals surface area contributed by atoms with Gasteiger partial charge < -0.3 is 5.11 Å². The van der Waals surface area contributed by atoms with E-state index in [4.69, 9.17) is 5.26 Å². The third-order valence-electron chi connectivity index (χ3n) is 4.28. The maximum absolute atomic E-state index is 14.5. The standard InChI is InChI=1S/C22H21F2NO2/c1-2-3-4-5-6-18(23)13-15-7-9-16(10-8-15)20-19(22(26)27)12-11-17(14-25)21(20)24/h7-13H,2-6H2,1H3,(H,26,27)/b18-13+. The zero-order chi connectivity index (χ0) is 19.8. The van der Waals surface area contributed by atoms with Crippen LogP contribution in [0.5, 0.6) is 0 Å². The van der Waals surface area contributed by atoms with Crippen LogP contribution in [-0.2, 0) is 0 Å². The summed E-state index contributed by atoms with van der Waals surface area (Å²) in [5.41, 5.74) is 0.342. The predicted octanol–water partition coefficient (Wildman–Crippen LogP) is 6.34. The van der Waals surface area contributed by atoms with E-state index in [1.807, 2.05) is 0 Å². The predicted molar refractivity (Wildman–Crippen MR) is 101 cm³/mol. The molecule has 0 unspecified atom stereocenters. The van der Waals surface area contributed by atoms with E-state index in [1.165, 1.54) is 24.3 Å². The Bertz CT molecular complexity index is 880. The van der Waals surface area contributed by atoms with E-state index in [0.717, 1.165) is 31.7 Å². The molecule has 2 rings (SSSR count). The van der Waals surface area contributed by atoms with E-state index in [2.05, 4.69) is 6.92 Å². The van der Waals surface area contributed by atoms with Gasteiger partial charge in [0.05, 0.1) is 11.1 Å². The minimum Gasteiger partial charge on any atom is -0.478 e. The van der Waals surface area contributed by atoms with Crippen LogP contribution < -0.4 is 0 Å². The number of rotatable bonds is 8. The van der Waals surface area contributed by atoms with Gasteiger partial charge in [0.15, 0.2) is 0 Å². The summed E-state index contributed by atoms with van der Waals surface area (Å²) in [6.07, 6.45) is 5.76. The number of aromatic carboxylic acids is 1. The number of hydrogen-bond donors (Lipinski definition) is 1. The van der Waals surface area contributed by atoms with Gasteiger partial charge in [-0.25, -0.2) is 13.6 Å². The first-order valence-corrected chi connectivity index (χ1v) is 8.90. The van der Waals surface area contributed by atoms with Gasteiger partial charge in [-0.3, -0.25) is 0 Å². The number of carboxylic acid groups (broad SMARTS) is 1. The number of nitriles is 1. The molecule has 2 aromatic rings. The first kappa shape index (κ1) is 20.3. The Labute approximate surface area is 157 Å². The van der Waals surface area contributed by atoms with Crippen molar-refractivity contribution in [3.63, 3.8) is 0 Å². The summed E-state index contributed by atoms with van der Waals surface area (Å²) in [5, 5.41) is 18.3. The van der Waals surface area contributed by atoms with Crippen LogP contribution >= 0.6 is 0 Å². The largest absolute Gasteiger partial charge is 0.478 e. The van der Waals surface area contributed by atoms with Gasteiger partial charge in [-0.15, -0.1) is 0 Å². The first-order chi connectivity index (χ1) is 13.0. The van der Waals surface area contributed by atoms with Gasteiger partial charge in [0.2, 0.25) is 0 Å². The number of carboxylic acids is 1. The molecule has 0 bridgehead atoms. The van der Waals surface area contributed by atoms with Crippen molar-refractivity contribution in [1.82, 2.24) is 0 Å². The Hall–Kier alpha value is -3.00. The van der Waals surface area contributed by atoms with Crippen LogP contribution in [0.15, 0.2) is 42.2 Å². The molecule has 0 amide bonds. The number of carbonyl (C=O) groups is 1. The lowest BCUT2D eigenvalue weighted by Crippen LogP contribution is -2.03. The second kappa shape index (κ2) is 9.63. The van der Waals surface area contributed by atoms with Crippen molar-refractivity contribution in [2.75, 3.05) is 0 Å². The van der Waals surface area contributed by atoms with Gasteiger partial charge in [-0.2, -0.15) is 5.26 Å². The molecule has 1 N–H and O–H groups in total. The first-order valence-electron chi connectivity index (χ1n) is 8.90. The summed E-state index contributed by atoms with van der Waals surface area (Å²) >= 11 is 0. The van der Waals surface area contributed by atoms with Crippen LogP contribution in [0.25, 0.3) is 17.2 Å². The molecule has 0 spiro atoms. The monoisotopic (exact) mass is 369 g/mol. The molecule has 27 heavy (non-hydrogen) atoms. The third-order valence-corrected chi connectivity index (χ3v) is 4.28. The van der Waals surface area contributed by atoms with Gasteiger partial charge in [0.1, 0.15) is 17.7 Å². The van der Waals surface area contributed by atoms with E-state index in [-0.39, 0.29) is 22.5 Å². The average molecular weight is 369 g/mol. The van der Waals surface area contributed by atoms with Crippen LogP contribution in [0.2, 0.25) is 0 Å². The van der Waals surface area contributed by atoms with Gasteiger partial charge in [0, 0.05) is 5.56 Å². The molecule has 2 aromatic carbocycles. The zero-order valence-corrected chi connectivity index (χ0v) is 15.1. The highest BCUT2D eigenvalue weighted by Crippen LogP contribution is 2.30. The Morgan fingerprint density at radius 1 is 1.15 bits per heavy atom. The van der Waals surface area contributed by atoms with Gasteiger partial charge in [-0.05, 0) is 42.2 Å². The van der Waals surface area contributed by atoms with Crippen LogP contribution in [0.1, 0.15) is 60.5 Å². The Kier molecular flexibility index (Phi) is 7.25. The lowest BCUT2D eigenvalue weighted by molar-refractivity contribution is 0.0697. The van der Waals surface area contributed by atoms with Crippen LogP contribution in [-0.4, -0.2) is 11.1 Å². The molecule has 0 saturated carbocycles. The summed E-state index contributed by atoms with van der Waals surface area (Å²) in [5.74, 6) is -2.37. The fourth-order valence-electron chi connectivity index (χ4n) is 2.84. The highest BCUT2D eigenvalue weighted by Gasteiger charge is 2.19. The molecule has 3 nitrogen and oxygen atoms in total. The van der Waals surface area contributed by atoms with Crippen molar-refractivity contribution in [1.29, 1.82) is 5.26 Å². The quantitative estimate of drug-likeness (QED) is 0.552. The molecular weight excluding hydrogens is 348 g/mol. The number of unbranched alkanes of at least 4 members (excludes halogenated alkanes) is 3. The van der Waals surface area contributed by atoms with Crippen LogP contribution in [0.4, 0.5) is 8.78 Å². The Balaban J connectivity index is 2.28. The van der Waals surface area contributed by atoms with E-state index in [0.29, 0.717) is 17.5 Å². The van der Waals surface area contributed by atoms with Crippen molar-refractivity contribution in [2.24, 2.45) is 0 Å². The lowest BCUT2D eigenvalue weighted by atomic mass is 9.95. The number of halogens is 2. The molecule has 140 valence electrons. The number of benzene rings is 2. The molecule has 0 saturated heterocycles. The van der Waals surface area contributed by atoms with Crippen molar-refractivity contribution < 1.29 is 18.7 Å². The van der Waals surface area contributed by atoms with E-state index in [9.17, 15) is 18.7 Å². The average Bonchev–Trinajstić information content (AvgIpc) is 2.65. The molecule has 0 aliphatic heterocycles. The van der Waals surface area contributed by atoms with Crippen molar-refractivity contribution >= 4 is 12.0 Å². The van der Waals surface area contributed by atoms with E-state index < -0.39 is 11.8 Å². The maximum Gasteiger partial charge on any atom is 0.336 e. The molecule has 0 aliphatic rings. The topological polar surface area (TPSA) is 61.1 Å². The van der Waals surface area contributed by atoms with Crippen LogP contribution in [0, 0.1) is 17.1 Å². The zero-order valence-electron chi connectivity index (χ0n) is 15.1. The molecule has 0 fully saturated rings. The lowest BCUT2D eigenvalue weighted by Gasteiger charge is -2.09. The normalized spacial score (nSPS) is 11.3. The van der Waals surface area contributed by atoms with E-state index in [1.54, 1.807) is 18.2 Å². The number of nitrogens with zero attached hydrogens (tertiary/aromatic N) is 1. The molecule has 0 heterocycles. The summed E-state index contributed by atoms with van der Waals surface area (Å²) < 4.78 is 28.5. The van der Waals surface area contributed by atoms with Crippen LogP contribution in [0.3, 0.4) is 0 Å². The number of hydrogen-bond acceptors (Lipinski definition) is 2. The summed E-state index contributed by atoms with van der Waals surface area (Å²) in [7, 11) is 0. The Morgan fingerprint density at radius 2 is 1.85 bits per heavy atom. The molecule has 0 atom stereocenters. The second-order valence-corrected chi connectivity index (χ2v) is 6.29. The second-order valence-electron chi connectivity index (χ2n) is 6.29. The molecule has 0 aliphatic carbocycles. The maximum atomic E-state index is 14.5. The summed E-state index contributed by atoms with van der Waals surface area (Å²) in [6.45, 7) is 2.10. The minimum atomic E-state index is -1.28. The smallest absolute Gasteiger partial charge is 0.336 e. The molecule has 0 radical (unpaired) electrons. The SMILES string of the molecule is CCCCCC/C(F)=C\c1ccc(-c2c(C(=O)O)ccc(C#N)c2F)cc1. The Morgan fingerprint density at radius 3 is 2.44 bits per heavy atom. The highest BCUT2D eigenvalue weighted by atomic mass is 19.1. The van der Waals surface area contributed by atoms with Gasteiger partial charge in [-0.1, -0.05) is 50.5 Å². The van der Waals surface area contributed by atoms with Crippen molar-refractivity contribution in [2.45, 2.75) is 39.0 Å². The fourth-order valence-corrected chi connectivity index (χ4v) is 2.84. The highest BCUT2D eigenvalue weighted by molar-refractivity contribution is 5.96. The van der Waals surface area contributed by atoms with Crippen molar-refractivity contribution in [3.05, 3.63) is 64.7 Å². The minimum absolute atomic E-state index is 0.142. The fraction of sp³-hybridized carbons (Fsp3) is 0.273. The molecule has 5 heteroatoms. The van der Waals surface area contributed by atoms with Crippen molar-refractivity contribution in [3.8, 4) is 17.2 Å². The van der Waals surface area contributed by atoms with Gasteiger partial charge in [0.25, 0.3) is 0 Å². The third kappa shape index (κ3) is 5.24. The van der Waals surface area contributed by atoms with Gasteiger partial charge >= 0.3 is 5.97 Å².